The summed E-state index contributed by atoms with van der Waals surface area (Å²) in [5.74, 6) is 2.50. The first-order valence-corrected chi connectivity index (χ1v) is 9.94. The Morgan fingerprint density at radius 2 is 1.96 bits per heavy atom. The van der Waals surface area contributed by atoms with Crippen molar-refractivity contribution in [1.29, 1.82) is 0 Å². The summed E-state index contributed by atoms with van der Waals surface area (Å²) in [5, 5.41) is 4.21. The van der Waals surface area contributed by atoms with Crippen LogP contribution in [0.5, 0.6) is 0 Å². The van der Waals surface area contributed by atoms with Gasteiger partial charge in [0, 0.05) is 43.6 Å². The van der Waals surface area contributed by atoms with Gasteiger partial charge in [-0.1, -0.05) is 5.16 Å². The molecule has 27 heavy (non-hydrogen) atoms. The number of nitrogens with zero attached hydrogens (tertiary/aromatic N) is 4. The molecule has 0 aromatic carbocycles. The maximum absolute atomic E-state index is 12.2. The molecule has 5 rings (SSSR count). The van der Waals surface area contributed by atoms with Crippen LogP contribution in [0.25, 0.3) is 11.6 Å². The zero-order chi connectivity index (χ0) is 18.2. The molecule has 3 fully saturated rings. The second-order valence-corrected chi connectivity index (χ2v) is 7.87. The molecule has 1 atom stereocenters. The molecule has 2 aromatic rings. The standard InChI is InChI=1S/C20H24N4O3/c25-20(14-1-2-14)24-8-4-13(5-9-24)18-22-19(27-23-18)17-11-15(3-7-21-17)16-6-10-26-12-16/h3,7,11,13-14,16H,1-2,4-6,8-10,12H2. The molecule has 7 heteroatoms. The number of piperidine rings is 1. The lowest BCUT2D eigenvalue weighted by Crippen LogP contribution is -2.38. The van der Waals surface area contributed by atoms with Crippen LogP contribution in [0.15, 0.2) is 22.9 Å². The normalized spacial score (nSPS) is 23.7. The first-order chi connectivity index (χ1) is 13.3. The smallest absolute Gasteiger partial charge is 0.276 e. The predicted octanol–water partition coefficient (Wildman–Crippen LogP) is 2.75. The molecule has 0 spiro atoms. The molecule has 0 bridgehead atoms. The minimum atomic E-state index is 0.247. The number of ether oxygens (including phenoxy) is 1. The van der Waals surface area contributed by atoms with Crippen LogP contribution in [-0.4, -0.2) is 52.2 Å². The Balaban J connectivity index is 1.26. The van der Waals surface area contributed by atoms with Gasteiger partial charge in [0.2, 0.25) is 5.91 Å². The summed E-state index contributed by atoms with van der Waals surface area (Å²) < 4.78 is 11.0. The van der Waals surface area contributed by atoms with E-state index in [2.05, 4.69) is 15.1 Å². The van der Waals surface area contributed by atoms with Crippen LogP contribution < -0.4 is 0 Å². The molecule has 1 saturated carbocycles. The topological polar surface area (TPSA) is 81.4 Å². The number of hydrogen-bond donors (Lipinski definition) is 0. The summed E-state index contributed by atoms with van der Waals surface area (Å²) in [4.78, 5) is 23.2. The van der Waals surface area contributed by atoms with Crippen LogP contribution in [0.1, 0.15) is 55.3 Å². The van der Waals surface area contributed by atoms with Gasteiger partial charge in [-0.3, -0.25) is 9.78 Å². The van der Waals surface area contributed by atoms with Crippen molar-refractivity contribution in [3.05, 3.63) is 29.7 Å². The molecule has 1 aliphatic carbocycles. The average Bonchev–Trinajstić information content (AvgIpc) is 3.21. The lowest BCUT2D eigenvalue weighted by Gasteiger charge is -2.30. The van der Waals surface area contributed by atoms with Gasteiger partial charge in [0.25, 0.3) is 5.89 Å². The summed E-state index contributed by atoms with van der Waals surface area (Å²) in [6, 6.07) is 4.07. The number of amides is 1. The van der Waals surface area contributed by atoms with E-state index in [9.17, 15) is 4.79 Å². The first-order valence-electron chi connectivity index (χ1n) is 9.94. The molecule has 1 unspecified atom stereocenters. The second kappa shape index (κ2) is 7.03. The fourth-order valence-electron chi connectivity index (χ4n) is 4.07. The highest BCUT2D eigenvalue weighted by molar-refractivity contribution is 5.81. The van der Waals surface area contributed by atoms with Crippen molar-refractivity contribution in [3.8, 4) is 11.6 Å². The number of carbonyl (C=O) groups excluding carboxylic acids is 1. The van der Waals surface area contributed by atoms with Crippen molar-refractivity contribution in [2.75, 3.05) is 26.3 Å². The van der Waals surface area contributed by atoms with E-state index >= 15 is 0 Å². The summed E-state index contributed by atoms with van der Waals surface area (Å²) >= 11 is 0. The van der Waals surface area contributed by atoms with Crippen LogP contribution in [0, 0.1) is 5.92 Å². The molecular formula is C20H24N4O3. The van der Waals surface area contributed by atoms with Gasteiger partial charge < -0.3 is 14.2 Å². The van der Waals surface area contributed by atoms with Crippen molar-refractivity contribution < 1.29 is 14.1 Å². The highest BCUT2D eigenvalue weighted by atomic mass is 16.5. The van der Waals surface area contributed by atoms with Crippen molar-refractivity contribution in [2.45, 2.75) is 43.9 Å². The molecule has 7 nitrogen and oxygen atoms in total. The summed E-state index contributed by atoms with van der Waals surface area (Å²) in [7, 11) is 0. The van der Waals surface area contributed by atoms with Gasteiger partial charge >= 0.3 is 0 Å². The highest BCUT2D eigenvalue weighted by Gasteiger charge is 2.35. The van der Waals surface area contributed by atoms with Crippen molar-refractivity contribution >= 4 is 5.91 Å². The van der Waals surface area contributed by atoms with E-state index in [0.717, 1.165) is 69.9 Å². The van der Waals surface area contributed by atoms with E-state index in [0.29, 0.717) is 23.6 Å². The largest absolute Gasteiger partial charge is 0.381 e. The van der Waals surface area contributed by atoms with Crippen LogP contribution in [-0.2, 0) is 9.53 Å². The number of rotatable bonds is 4. The van der Waals surface area contributed by atoms with Crippen LogP contribution in [0.3, 0.4) is 0 Å². The minimum Gasteiger partial charge on any atom is -0.381 e. The summed E-state index contributed by atoms with van der Waals surface area (Å²) in [6.45, 7) is 3.16. The van der Waals surface area contributed by atoms with Gasteiger partial charge in [0.1, 0.15) is 5.69 Å². The van der Waals surface area contributed by atoms with Crippen LogP contribution in [0.2, 0.25) is 0 Å². The first kappa shape index (κ1) is 16.9. The fourth-order valence-corrected chi connectivity index (χ4v) is 4.07. The molecule has 142 valence electrons. The van der Waals surface area contributed by atoms with Gasteiger partial charge in [0.05, 0.1) is 6.61 Å². The molecule has 2 saturated heterocycles. The van der Waals surface area contributed by atoms with Gasteiger partial charge in [0.15, 0.2) is 5.82 Å². The molecule has 3 aliphatic rings. The van der Waals surface area contributed by atoms with Crippen LogP contribution in [0.4, 0.5) is 0 Å². The Labute approximate surface area is 158 Å². The van der Waals surface area contributed by atoms with E-state index in [1.807, 2.05) is 17.0 Å². The van der Waals surface area contributed by atoms with Crippen molar-refractivity contribution in [3.63, 3.8) is 0 Å². The number of hydrogen-bond acceptors (Lipinski definition) is 6. The summed E-state index contributed by atoms with van der Waals surface area (Å²) in [6.07, 6.45) is 6.75. The highest BCUT2D eigenvalue weighted by Crippen LogP contribution is 2.34. The van der Waals surface area contributed by atoms with Gasteiger partial charge in [-0.25, -0.2) is 0 Å². The Morgan fingerprint density at radius 3 is 2.70 bits per heavy atom. The van der Waals surface area contributed by atoms with Crippen LogP contribution >= 0.6 is 0 Å². The minimum absolute atomic E-state index is 0.247. The molecule has 4 heterocycles. The molecule has 2 aliphatic heterocycles. The van der Waals surface area contributed by atoms with E-state index in [4.69, 9.17) is 9.26 Å². The zero-order valence-electron chi connectivity index (χ0n) is 15.3. The quantitative estimate of drug-likeness (QED) is 0.825. The molecule has 2 aromatic heterocycles. The lowest BCUT2D eigenvalue weighted by atomic mass is 9.96. The Kier molecular flexibility index (Phi) is 4.39. The molecule has 0 radical (unpaired) electrons. The average molecular weight is 368 g/mol. The number of carbonyl (C=O) groups is 1. The lowest BCUT2D eigenvalue weighted by molar-refractivity contribution is -0.133. The Morgan fingerprint density at radius 1 is 1.11 bits per heavy atom. The number of pyridine rings is 1. The van der Waals surface area contributed by atoms with Gasteiger partial charge in [-0.05, 0) is 49.8 Å². The van der Waals surface area contributed by atoms with Crippen molar-refractivity contribution in [2.24, 2.45) is 5.92 Å². The van der Waals surface area contributed by atoms with Crippen molar-refractivity contribution in [1.82, 2.24) is 20.0 Å². The van der Waals surface area contributed by atoms with E-state index in [-0.39, 0.29) is 5.92 Å². The van der Waals surface area contributed by atoms with E-state index < -0.39 is 0 Å². The van der Waals surface area contributed by atoms with Gasteiger partial charge in [-0.2, -0.15) is 4.98 Å². The Hall–Kier alpha value is -2.28. The third-order valence-electron chi connectivity index (χ3n) is 5.94. The maximum Gasteiger partial charge on any atom is 0.276 e. The molecular weight excluding hydrogens is 344 g/mol. The SMILES string of the molecule is O=C(C1CC1)N1CCC(c2noc(-c3cc(C4CCOC4)ccn3)n2)CC1. The number of likely N-dealkylation sites (tertiary alicyclic amines) is 1. The van der Waals surface area contributed by atoms with E-state index in [1.54, 1.807) is 6.20 Å². The summed E-state index contributed by atoms with van der Waals surface area (Å²) in [5.41, 5.74) is 1.93. The third kappa shape index (κ3) is 3.48. The molecule has 1 amide bonds. The van der Waals surface area contributed by atoms with Gasteiger partial charge in [-0.15, -0.1) is 0 Å². The van der Waals surface area contributed by atoms with E-state index in [1.165, 1.54) is 5.56 Å². The third-order valence-corrected chi connectivity index (χ3v) is 5.94. The second-order valence-electron chi connectivity index (χ2n) is 7.87. The monoisotopic (exact) mass is 368 g/mol. The molecule has 0 N–H and O–H groups in total. The zero-order valence-corrected chi connectivity index (χ0v) is 15.3. The maximum atomic E-state index is 12.2. The fraction of sp³-hybridized carbons (Fsp3) is 0.600. The number of aromatic nitrogens is 3. The Bertz CT molecular complexity index is 818. The predicted molar refractivity (Wildman–Crippen MR) is 97.0 cm³/mol.